The number of nitrogens with one attached hydrogen (secondary N) is 1. The normalized spacial score (nSPS) is 18.8. The van der Waals surface area contributed by atoms with Crippen molar-refractivity contribution in [1.29, 1.82) is 0 Å². The Hall–Kier alpha value is -2.04. The van der Waals surface area contributed by atoms with E-state index in [2.05, 4.69) is 12.2 Å². The van der Waals surface area contributed by atoms with Gasteiger partial charge < -0.3 is 16.0 Å². The van der Waals surface area contributed by atoms with Gasteiger partial charge in [-0.05, 0) is 25.5 Å². The number of anilines is 2. The van der Waals surface area contributed by atoms with Crippen LogP contribution in [0.4, 0.5) is 11.4 Å². The molecule has 3 N–H and O–H groups in total. The van der Waals surface area contributed by atoms with Crippen LogP contribution in [0.25, 0.3) is 0 Å². The molecule has 1 aromatic carbocycles. The summed E-state index contributed by atoms with van der Waals surface area (Å²) in [5.74, 6) is -0.346. The van der Waals surface area contributed by atoms with E-state index in [0.717, 1.165) is 12.8 Å². The third kappa shape index (κ3) is 2.41. The van der Waals surface area contributed by atoms with Gasteiger partial charge in [0, 0.05) is 12.2 Å². The fraction of sp³-hybridized carbons (Fsp3) is 0.429. The van der Waals surface area contributed by atoms with Crippen molar-refractivity contribution in [3.05, 3.63) is 23.8 Å². The Morgan fingerprint density at radius 3 is 2.79 bits per heavy atom. The van der Waals surface area contributed by atoms with Gasteiger partial charge in [0.15, 0.2) is 0 Å². The number of nitrogens with zero attached hydrogens (tertiary/aromatic N) is 1. The van der Waals surface area contributed by atoms with Crippen LogP contribution in [0.1, 0.15) is 37.0 Å². The molecule has 0 aromatic heterocycles. The molecule has 2 rings (SSSR count). The van der Waals surface area contributed by atoms with Gasteiger partial charge in [0.1, 0.15) is 6.04 Å². The summed E-state index contributed by atoms with van der Waals surface area (Å²) < 4.78 is 0. The Morgan fingerprint density at radius 2 is 2.11 bits per heavy atom. The third-order valence-electron chi connectivity index (χ3n) is 3.43. The zero-order valence-corrected chi connectivity index (χ0v) is 11.3. The lowest BCUT2D eigenvalue weighted by Crippen LogP contribution is -2.43. The molecule has 0 aliphatic carbocycles. The van der Waals surface area contributed by atoms with Gasteiger partial charge in [0.2, 0.25) is 5.91 Å². The number of unbranched alkanes of at least 4 members (excludes halogenated alkanes) is 1. The first-order valence-electron chi connectivity index (χ1n) is 6.56. The maximum atomic E-state index is 12.6. The highest BCUT2D eigenvalue weighted by atomic mass is 16.2. The van der Waals surface area contributed by atoms with Gasteiger partial charge in [-0.1, -0.05) is 19.4 Å². The summed E-state index contributed by atoms with van der Waals surface area (Å²) in [7, 11) is 0. The molecule has 0 radical (unpaired) electrons. The molecule has 0 bridgehead atoms. The summed E-state index contributed by atoms with van der Waals surface area (Å²) in [5, 5.41) is 2.77. The summed E-state index contributed by atoms with van der Waals surface area (Å²) in [4.78, 5) is 26.2. The predicted molar refractivity (Wildman–Crippen MR) is 74.9 cm³/mol. The molecule has 19 heavy (non-hydrogen) atoms. The fourth-order valence-corrected chi connectivity index (χ4v) is 2.23. The van der Waals surface area contributed by atoms with E-state index in [-0.39, 0.29) is 11.8 Å². The Labute approximate surface area is 112 Å². The molecular weight excluding hydrogens is 242 g/mol. The third-order valence-corrected chi connectivity index (χ3v) is 3.43. The second kappa shape index (κ2) is 5.30. The molecule has 2 amide bonds. The zero-order chi connectivity index (χ0) is 14.0. The monoisotopic (exact) mass is 261 g/mol. The van der Waals surface area contributed by atoms with Crippen LogP contribution >= 0.6 is 0 Å². The maximum absolute atomic E-state index is 12.6. The Kier molecular flexibility index (Phi) is 3.74. The Morgan fingerprint density at radius 1 is 1.37 bits per heavy atom. The molecule has 1 aliphatic rings. The molecule has 0 saturated carbocycles. The second-order valence-electron chi connectivity index (χ2n) is 4.79. The van der Waals surface area contributed by atoms with E-state index in [1.54, 1.807) is 30.0 Å². The highest BCUT2D eigenvalue weighted by Crippen LogP contribution is 2.28. The predicted octanol–water partition coefficient (Wildman–Crippen LogP) is 1.85. The molecule has 1 aliphatic heterocycles. The van der Waals surface area contributed by atoms with Gasteiger partial charge in [-0.2, -0.15) is 0 Å². The molecule has 1 unspecified atom stereocenters. The minimum atomic E-state index is -0.481. The zero-order valence-electron chi connectivity index (χ0n) is 11.3. The van der Waals surface area contributed by atoms with E-state index in [4.69, 9.17) is 5.73 Å². The quantitative estimate of drug-likeness (QED) is 0.815. The molecule has 1 atom stereocenters. The van der Waals surface area contributed by atoms with Crippen molar-refractivity contribution >= 4 is 23.2 Å². The van der Waals surface area contributed by atoms with E-state index >= 15 is 0 Å². The number of nitrogens with two attached hydrogens (primary N) is 1. The average Bonchev–Trinajstić information content (AvgIpc) is 2.46. The number of carbonyl (C=O) groups is 2. The number of amides is 2. The van der Waals surface area contributed by atoms with Gasteiger partial charge in [-0.3, -0.25) is 9.59 Å². The van der Waals surface area contributed by atoms with Crippen molar-refractivity contribution in [3.8, 4) is 0 Å². The van der Waals surface area contributed by atoms with Crippen molar-refractivity contribution in [2.75, 3.05) is 17.6 Å². The van der Waals surface area contributed by atoms with Crippen molar-refractivity contribution in [1.82, 2.24) is 4.90 Å². The van der Waals surface area contributed by atoms with Crippen LogP contribution in [-0.4, -0.2) is 29.3 Å². The highest BCUT2D eigenvalue weighted by molar-refractivity contribution is 6.12. The topological polar surface area (TPSA) is 75.4 Å². The summed E-state index contributed by atoms with van der Waals surface area (Å²) in [5.41, 5.74) is 7.19. The molecule has 1 heterocycles. The van der Waals surface area contributed by atoms with Gasteiger partial charge in [0.25, 0.3) is 5.91 Å². The van der Waals surface area contributed by atoms with E-state index in [1.807, 2.05) is 0 Å². The summed E-state index contributed by atoms with van der Waals surface area (Å²) in [6, 6.07) is 4.63. The van der Waals surface area contributed by atoms with E-state index < -0.39 is 6.04 Å². The van der Waals surface area contributed by atoms with Crippen LogP contribution < -0.4 is 11.1 Å². The summed E-state index contributed by atoms with van der Waals surface area (Å²) >= 11 is 0. The lowest BCUT2D eigenvalue weighted by atomic mass is 10.1. The van der Waals surface area contributed by atoms with Crippen molar-refractivity contribution in [3.63, 3.8) is 0 Å². The lowest BCUT2D eigenvalue weighted by molar-refractivity contribution is -0.119. The number of fused-ring (bicyclic) bond motifs is 1. The van der Waals surface area contributed by atoms with E-state index in [9.17, 15) is 9.59 Å². The second-order valence-corrected chi connectivity index (χ2v) is 4.79. The van der Waals surface area contributed by atoms with Crippen LogP contribution in [0.15, 0.2) is 18.2 Å². The standard InChI is InChI=1S/C14H19N3O2/c1-3-4-8-17-9(2)13(18)16-11-7-5-6-10(15)12(11)14(17)19/h5-7,9H,3-4,8,15H2,1-2H3,(H,16,18). The van der Waals surface area contributed by atoms with Crippen LogP contribution in [-0.2, 0) is 4.79 Å². The van der Waals surface area contributed by atoms with Gasteiger partial charge in [0.05, 0.1) is 11.3 Å². The smallest absolute Gasteiger partial charge is 0.258 e. The minimum absolute atomic E-state index is 0.172. The van der Waals surface area contributed by atoms with Crippen molar-refractivity contribution in [2.45, 2.75) is 32.7 Å². The van der Waals surface area contributed by atoms with Crippen LogP contribution in [0.3, 0.4) is 0 Å². The van der Waals surface area contributed by atoms with Crippen LogP contribution in [0, 0.1) is 0 Å². The van der Waals surface area contributed by atoms with Crippen LogP contribution in [0.2, 0.25) is 0 Å². The van der Waals surface area contributed by atoms with E-state index in [0.29, 0.717) is 23.5 Å². The average molecular weight is 261 g/mol. The van der Waals surface area contributed by atoms with Crippen molar-refractivity contribution in [2.24, 2.45) is 0 Å². The number of carbonyl (C=O) groups excluding carboxylic acids is 2. The molecule has 0 saturated heterocycles. The molecule has 102 valence electrons. The number of hydrogen-bond acceptors (Lipinski definition) is 3. The molecule has 1 aromatic rings. The number of hydrogen-bond donors (Lipinski definition) is 2. The van der Waals surface area contributed by atoms with Gasteiger partial charge in [-0.15, -0.1) is 0 Å². The summed E-state index contributed by atoms with van der Waals surface area (Å²) in [6.45, 7) is 4.36. The molecular formula is C14H19N3O2. The lowest BCUT2D eigenvalue weighted by Gasteiger charge is -2.25. The van der Waals surface area contributed by atoms with Gasteiger partial charge in [-0.25, -0.2) is 0 Å². The maximum Gasteiger partial charge on any atom is 0.258 e. The molecule has 0 fully saturated rings. The first-order chi connectivity index (χ1) is 9.06. The SMILES string of the molecule is CCCCN1C(=O)c2c(N)cccc2NC(=O)C1C. The first-order valence-corrected chi connectivity index (χ1v) is 6.56. The highest BCUT2D eigenvalue weighted by Gasteiger charge is 2.32. The Bertz CT molecular complexity index is 513. The fourth-order valence-electron chi connectivity index (χ4n) is 2.23. The molecule has 0 spiro atoms. The van der Waals surface area contributed by atoms with Crippen LogP contribution in [0.5, 0.6) is 0 Å². The Balaban J connectivity index is 2.45. The largest absolute Gasteiger partial charge is 0.398 e. The number of rotatable bonds is 3. The number of nitrogen functional groups attached to an aromatic ring is 1. The number of benzene rings is 1. The minimum Gasteiger partial charge on any atom is -0.398 e. The van der Waals surface area contributed by atoms with Crippen molar-refractivity contribution < 1.29 is 9.59 Å². The first kappa shape index (κ1) is 13.4. The van der Waals surface area contributed by atoms with Gasteiger partial charge >= 0.3 is 0 Å². The summed E-state index contributed by atoms with van der Waals surface area (Å²) in [6.07, 6.45) is 1.83. The molecule has 5 nitrogen and oxygen atoms in total. The molecule has 5 heteroatoms. The van der Waals surface area contributed by atoms with E-state index in [1.165, 1.54) is 0 Å².